The number of aromatic nitrogens is 5. The summed E-state index contributed by atoms with van der Waals surface area (Å²) in [4.78, 5) is 25.9. The Kier molecular flexibility index (Phi) is 7.65. The summed E-state index contributed by atoms with van der Waals surface area (Å²) in [5.74, 6) is 0.474. The second kappa shape index (κ2) is 10.9. The van der Waals surface area contributed by atoms with Crippen molar-refractivity contribution < 1.29 is 27.4 Å². The van der Waals surface area contributed by atoms with E-state index in [0.717, 1.165) is 6.20 Å². The van der Waals surface area contributed by atoms with Gasteiger partial charge < -0.3 is 19.7 Å². The largest absolute Gasteiger partial charge is 0.486 e. The van der Waals surface area contributed by atoms with E-state index >= 15 is 0 Å². The van der Waals surface area contributed by atoms with Gasteiger partial charge in [0.2, 0.25) is 5.95 Å². The molecule has 1 saturated heterocycles. The van der Waals surface area contributed by atoms with Crippen molar-refractivity contribution in [1.82, 2.24) is 29.6 Å². The number of carbonyl (C=O) groups excluding carboxylic acids is 1. The molecular formula is C24H25F3N8O3. The van der Waals surface area contributed by atoms with E-state index in [4.69, 9.17) is 9.47 Å². The maximum Gasteiger partial charge on any atom is 0.410 e. The van der Waals surface area contributed by atoms with Gasteiger partial charge in [-0.05, 0) is 39.0 Å². The van der Waals surface area contributed by atoms with Gasteiger partial charge in [-0.15, -0.1) is 0 Å². The Morgan fingerprint density at radius 2 is 2.08 bits per heavy atom. The lowest BCUT2D eigenvalue weighted by atomic mass is 10.1. The quantitative estimate of drug-likeness (QED) is 0.490. The highest BCUT2D eigenvalue weighted by Crippen LogP contribution is 2.29. The van der Waals surface area contributed by atoms with Gasteiger partial charge in [0.25, 0.3) is 0 Å². The van der Waals surface area contributed by atoms with Crippen LogP contribution in [0, 0.1) is 11.3 Å². The summed E-state index contributed by atoms with van der Waals surface area (Å²) in [5, 5.41) is 16.0. The SMILES string of the molecule is CC(C)(C)OC(=O)N1CC[C@H](Oc2ccc(-c3ncnc(Nc4cnn(C(F)F)c4)n3)cc2C#N)[C@H](F)C1. The molecule has 0 aliphatic carbocycles. The summed E-state index contributed by atoms with van der Waals surface area (Å²) < 4.78 is 52.0. The van der Waals surface area contributed by atoms with E-state index in [1.807, 2.05) is 6.07 Å². The zero-order chi connectivity index (χ0) is 27.4. The van der Waals surface area contributed by atoms with Gasteiger partial charge in [-0.25, -0.2) is 23.8 Å². The number of nitrogens with zero attached hydrogens (tertiary/aromatic N) is 7. The first kappa shape index (κ1) is 26.6. The molecule has 2 atom stereocenters. The van der Waals surface area contributed by atoms with Crippen LogP contribution in [0.15, 0.2) is 36.9 Å². The topological polar surface area (TPSA) is 131 Å². The predicted molar refractivity (Wildman–Crippen MR) is 128 cm³/mol. The van der Waals surface area contributed by atoms with Crippen molar-refractivity contribution >= 4 is 17.7 Å². The lowest BCUT2D eigenvalue weighted by Crippen LogP contribution is -2.50. The van der Waals surface area contributed by atoms with E-state index in [-0.39, 0.29) is 48.3 Å². The van der Waals surface area contributed by atoms with Crippen molar-refractivity contribution in [1.29, 1.82) is 5.26 Å². The molecule has 1 aliphatic heterocycles. The monoisotopic (exact) mass is 530 g/mol. The van der Waals surface area contributed by atoms with Crippen molar-refractivity contribution in [2.75, 3.05) is 18.4 Å². The van der Waals surface area contributed by atoms with Gasteiger partial charge in [0.1, 0.15) is 29.9 Å². The zero-order valence-corrected chi connectivity index (χ0v) is 20.8. The number of nitriles is 1. The van der Waals surface area contributed by atoms with Crippen LogP contribution in [0.5, 0.6) is 5.75 Å². The number of nitrogens with one attached hydrogen (secondary N) is 1. The summed E-state index contributed by atoms with van der Waals surface area (Å²) in [7, 11) is 0. The number of hydrogen-bond acceptors (Lipinski definition) is 9. The molecule has 38 heavy (non-hydrogen) atoms. The number of carbonyl (C=O) groups is 1. The molecule has 4 rings (SSSR count). The first-order chi connectivity index (χ1) is 18.0. The average molecular weight is 531 g/mol. The van der Waals surface area contributed by atoms with Crippen LogP contribution < -0.4 is 10.1 Å². The van der Waals surface area contributed by atoms with E-state index in [0.29, 0.717) is 10.2 Å². The molecule has 3 aromatic rings. The molecule has 2 aromatic heterocycles. The number of likely N-dealkylation sites (tertiary alicyclic amines) is 1. The molecule has 11 nitrogen and oxygen atoms in total. The number of hydrogen-bond donors (Lipinski definition) is 1. The summed E-state index contributed by atoms with van der Waals surface area (Å²) in [6, 6.07) is 6.64. The molecule has 0 unspecified atom stereocenters. The lowest BCUT2D eigenvalue weighted by molar-refractivity contribution is -0.0106. The van der Waals surface area contributed by atoms with Crippen LogP contribution in [0.1, 0.15) is 39.3 Å². The molecule has 0 saturated carbocycles. The fraction of sp³-hybridized carbons (Fsp3) is 0.417. The highest BCUT2D eigenvalue weighted by molar-refractivity contribution is 5.68. The minimum Gasteiger partial charge on any atom is -0.486 e. The Morgan fingerprint density at radius 3 is 2.74 bits per heavy atom. The van der Waals surface area contributed by atoms with E-state index < -0.39 is 30.5 Å². The molecule has 0 radical (unpaired) electrons. The molecule has 200 valence electrons. The molecule has 3 heterocycles. The number of alkyl halides is 3. The molecule has 1 aromatic carbocycles. The van der Waals surface area contributed by atoms with Gasteiger partial charge in [-0.2, -0.15) is 24.1 Å². The maximum atomic E-state index is 14.9. The van der Waals surface area contributed by atoms with Crippen molar-refractivity contribution in [3.05, 3.63) is 42.5 Å². The fourth-order valence-corrected chi connectivity index (χ4v) is 3.66. The number of ether oxygens (including phenoxy) is 2. The standard InChI is InChI=1S/C24H25F3N8O3/c1-24(2,3)38-23(36)34-7-6-19(17(25)12-34)37-18-5-4-14(8-15(18)9-28)20-29-13-30-22(33-20)32-16-10-31-35(11-16)21(26)27/h4-5,8,10-11,13,17,19,21H,6-7,12H2,1-3H3,(H,29,30,32,33)/t17-,19+/m1/s1. The normalized spacial score (nSPS) is 17.7. The van der Waals surface area contributed by atoms with Gasteiger partial charge in [0.15, 0.2) is 12.0 Å². The fourth-order valence-electron chi connectivity index (χ4n) is 3.66. The van der Waals surface area contributed by atoms with Gasteiger partial charge in [0, 0.05) is 18.5 Å². The highest BCUT2D eigenvalue weighted by Gasteiger charge is 2.35. The van der Waals surface area contributed by atoms with Crippen LogP contribution in [-0.4, -0.2) is 66.7 Å². The summed E-state index contributed by atoms with van der Waals surface area (Å²) in [5.41, 5.74) is 0.158. The molecule has 1 N–H and O–H groups in total. The zero-order valence-electron chi connectivity index (χ0n) is 20.8. The number of piperidine rings is 1. The second-order valence-electron chi connectivity index (χ2n) is 9.45. The predicted octanol–water partition coefficient (Wildman–Crippen LogP) is 4.47. The summed E-state index contributed by atoms with van der Waals surface area (Å²) >= 11 is 0. The number of amides is 1. The second-order valence-corrected chi connectivity index (χ2v) is 9.45. The molecule has 0 bridgehead atoms. The third-order valence-electron chi connectivity index (χ3n) is 5.40. The lowest BCUT2D eigenvalue weighted by Gasteiger charge is -2.35. The van der Waals surface area contributed by atoms with Gasteiger partial charge in [-0.3, -0.25) is 0 Å². The Hall–Kier alpha value is -4.41. The first-order valence-electron chi connectivity index (χ1n) is 11.6. The van der Waals surface area contributed by atoms with Crippen molar-refractivity contribution in [2.45, 2.75) is 51.6 Å². The Morgan fingerprint density at radius 1 is 1.29 bits per heavy atom. The third-order valence-corrected chi connectivity index (χ3v) is 5.40. The van der Waals surface area contributed by atoms with Gasteiger partial charge in [0.05, 0.1) is 30.2 Å². The molecule has 1 fully saturated rings. The number of halogens is 3. The highest BCUT2D eigenvalue weighted by atomic mass is 19.3. The van der Waals surface area contributed by atoms with Crippen LogP contribution in [0.2, 0.25) is 0 Å². The maximum absolute atomic E-state index is 14.9. The van der Waals surface area contributed by atoms with Crippen LogP contribution in [0.3, 0.4) is 0 Å². The Bertz CT molecular complexity index is 1340. The average Bonchev–Trinajstić information content (AvgIpc) is 3.33. The molecule has 0 spiro atoms. The van der Waals surface area contributed by atoms with Crippen LogP contribution in [0.4, 0.5) is 29.6 Å². The minimum absolute atomic E-state index is 0.0830. The Balaban J connectivity index is 1.44. The van der Waals surface area contributed by atoms with Crippen LogP contribution in [-0.2, 0) is 4.74 Å². The third kappa shape index (κ3) is 6.47. The minimum atomic E-state index is -2.78. The number of benzene rings is 1. The molecule has 1 amide bonds. The van der Waals surface area contributed by atoms with Crippen molar-refractivity contribution in [2.24, 2.45) is 0 Å². The van der Waals surface area contributed by atoms with Crippen molar-refractivity contribution in [3.8, 4) is 23.2 Å². The smallest absolute Gasteiger partial charge is 0.410 e. The van der Waals surface area contributed by atoms with E-state index in [1.165, 1.54) is 29.6 Å². The number of rotatable bonds is 6. The van der Waals surface area contributed by atoms with Crippen LogP contribution in [0.25, 0.3) is 11.4 Å². The molecule has 1 aliphatic rings. The first-order valence-corrected chi connectivity index (χ1v) is 11.6. The van der Waals surface area contributed by atoms with Gasteiger partial charge >= 0.3 is 12.6 Å². The summed E-state index contributed by atoms with van der Waals surface area (Å²) in [6.07, 6.45) is 0.829. The van der Waals surface area contributed by atoms with E-state index in [9.17, 15) is 23.2 Å². The van der Waals surface area contributed by atoms with E-state index in [1.54, 1.807) is 26.8 Å². The Labute approximate surface area is 216 Å². The van der Waals surface area contributed by atoms with Crippen molar-refractivity contribution in [3.63, 3.8) is 0 Å². The van der Waals surface area contributed by atoms with Gasteiger partial charge in [-0.1, -0.05) is 0 Å². The number of anilines is 2. The summed E-state index contributed by atoms with van der Waals surface area (Å²) in [6.45, 7) is 2.49. The molecule has 14 heteroatoms. The molecular weight excluding hydrogens is 505 g/mol. The van der Waals surface area contributed by atoms with E-state index in [2.05, 4.69) is 25.4 Å². The van der Waals surface area contributed by atoms with Crippen LogP contribution >= 0.6 is 0 Å².